The fourth-order valence-electron chi connectivity index (χ4n) is 2.13. The van der Waals surface area contributed by atoms with Crippen molar-refractivity contribution in [2.45, 2.75) is 57.1 Å². The summed E-state index contributed by atoms with van der Waals surface area (Å²) in [5, 5.41) is 21.2. The van der Waals surface area contributed by atoms with E-state index < -0.39 is 5.54 Å². The summed E-state index contributed by atoms with van der Waals surface area (Å²) in [6.45, 7) is 2.13. The highest BCUT2D eigenvalue weighted by atomic mass is 16.5. The molecule has 0 aliphatic carbocycles. The minimum Gasteiger partial charge on any atom is -0.394 e. The van der Waals surface area contributed by atoms with Gasteiger partial charge in [-0.2, -0.15) is 0 Å². The van der Waals surface area contributed by atoms with Gasteiger partial charge in [0, 0.05) is 13.0 Å². The van der Waals surface area contributed by atoms with E-state index in [-0.39, 0.29) is 25.2 Å². The third-order valence-corrected chi connectivity index (χ3v) is 3.65. The van der Waals surface area contributed by atoms with Crippen molar-refractivity contribution in [3.63, 3.8) is 0 Å². The van der Waals surface area contributed by atoms with Crippen LogP contribution in [0.25, 0.3) is 0 Å². The lowest BCUT2D eigenvalue weighted by Crippen LogP contribution is -2.53. The number of carbonyl (C=O) groups excluding carboxylic acids is 1. The second-order valence-electron chi connectivity index (χ2n) is 5.03. The molecular weight excluding hydrogens is 234 g/mol. The molecule has 1 aliphatic rings. The minimum atomic E-state index is -0.884. The number of rotatable bonds is 7. The molecule has 1 aliphatic heterocycles. The normalized spacial score (nSPS) is 20.7. The molecule has 1 amide bonds. The Kier molecular flexibility index (Phi) is 6.60. The quantitative estimate of drug-likeness (QED) is 0.625. The van der Waals surface area contributed by atoms with E-state index in [0.29, 0.717) is 19.3 Å². The first-order valence-electron chi connectivity index (χ1n) is 6.80. The molecule has 0 aromatic heterocycles. The zero-order chi connectivity index (χ0) is 13.4. The molecule has 0 saturated carbocycles. The molecule has 1 saturated heterocycles. The summed E-state index contributed by atoms with van der Waals surface area (Å²) in [6, 6.07) is 0. The van der Waals surface area contributed by atoms with Gasteiger partial charge in [0.1, 0.15) is 0 Å². The number of carbonyl (C=O) groups is 1. The van der Waals surface area contributed by atoms with Crippen molar-refractivity contribution in [2.24, 2.45) is 0 Å². The Labute approximate surface area is 109 Å². The maximum atomic E-state index is 11.8. The van der Waals surface area contributed by atoms with E-state index in [1.54, 1.807) is 0 Å². The van der Waals surface area contributed by atoms with Crippen molar-refractivity contribution in [1.29, 1.82) is 0 Å². The van der Waals surface area contributed by atoms with Crippen molar-refractivity contribution < 1.29 is 19.7 Å². The van der Waals surface area contributed by atoms with Crippen LogP contribution in [-0.4, -0.2) is 47.6 Å². The third-order valence-electron chi connectivity index (χ3n) is 3.65. The lowest BCUT2D eigenvalue weighted by Gasteiger charge is -2.30. The summed E-state index contributed by atoms with van der Waals surface area (Å²) in [7, 11) is 0. The SMILES string of the molecule is CCC(CO)(CO)NC(=O)CCC1CCCCO1. The maximum absolute atomic E-state index is 11.8. The van der Waals surface area contributed by atoms with Crippen molar-refractivity contribution in [2.75, 3.05) is 19.8 Å². The van der Waals surface area contributed by atoms with Crippen molar-refractivity contribution in [3.05, 3.63) is 0 Å². The summed E-state index contributed by atoms with van der Waals surface area (Å²) in [5.41, 5.74) is -0.884. The van der Waals surface area contributed by atoms with Gasteiger partial charge in [-0.05, 0) is 32.1 Å². The summed E-state index contributed by atoms with van der Waals surface area (Å²) in [4.78, 5) is 11.8. The first-order chi connectivity index (χ1) is 8.65. The molecule has 1 fully saturated rings. The fraction of sp³-hybridized carbons (Fsp3) is 0.923. The Morgan fingerprint density at radius 3 is 2.61 bits per heavy atom. The third kappa shape index (κ3) is 4.55. The van der Waals surface area contributed by atoms with Gasteiger partial charge in [-0.3, -0.25) is 4.79 Å². The topological polar surface area (TPSA) is 78.8 Å². The van der Waals surface area contributed by atoms with Gasteiger partial charge in [0.25, 0.3) is 0 Å². The molecule has 3 N–H and O–H groups in total. The molecule has 1 heterocycles. The molecule has 0 bridgehead atoms. The van der Waals surface area contributed by atoms with Crippen LogP contribution in [0, 0.1) is 0 Å². The monoisotopic (exact) mass is 259 g/mol. The molecule has 1 rings (SSSR count). The van der Waals surface area contributed by atoms with E-state index in [4.69, 9.17) is 4.74 Å². The summed E-state index contributed by atoms with van der Waals surface area (Å²) in [5.74, 6) is -0.130. The highest BCUT2D eigenvalue weighted by Gasteiger charge is 2.28. The zero-order valence-corrected chi connectivity index (χ0v) is 11.2. The van der Waals surface area contributed by atoms with E-state index in [1.165, 1.54) is 6.42 Å². The average molecular weight is 259 g/mol. The van der Waals surface area contributed by atoms with Gasteiger partial charge < -0.3 is 20.3 Å². The van der Waals surface area contributed by atoms with E-state index in [0.717, 1.165) is 19.4 Å². The lowest BCUT2D eigenvalue weighted by molar-refractivity contribution is -0.125. The summed E-state index contributed by atoms with van der Waals surface area (Å²) in [6.07, 6.45) is 5.07. The molecule has 5 heteroatoms. The van der Waals surface area contributed by atoms with E-state index in [9.17, 15) is 15.0 Å². The molecule has 0 aromatic rings. The van der Waals surface area contributed by atoms with Gasteiger partial charge in [0.05, 0.1) is 24.9 Å². The molecule has 1 atom stereocenters. The van der Waals surface area contributed by atoms with Crippen LogP contribution in [0.5, 0.6) is 0 Å². The molecule has 106 valence electrons. The van der Waals surface area contributed by atoms with Crippen molar-refractivity contribution >= 4 is 5.91 Å². The highest BCUT2D eigenvalue weighted by Crippen LogP contribution is 2.17. The Hall–Kier alpha value is -0.650. The second-order valence-corrected chi connectivity index (χ2v) is 5.03. The number of ether oxygens (including phenoxy) is 1. The second kappa shape index (κ2) is 7.71. The molecule has 0 aromatic carbocycles. The molecular formula is C13H25NO4. The molecule has 0 spiro atoms. The summed E-state index contributed by atoms with van der Waals surface area (Å²) < 4.78 is 5.56. The van der Waals surface area contributed by atoms with Crippen LogP contribution >= 0.6 is 0 Å². The highest BCUT2D eigenvalue weighted by molar-refractivity contribution is 5.76. The van der Waals surface area contributed by atoms with Gasteiger partial charge >= 0.3 is 0 Å². The van der Waals surface area contributed by atoms with Crippen LogP contribution in [0.3, 0.4) is 0 Å². The first-order valence-corrected chi connectivity index (χ1v) is 6.80. The van der Waals surface area contributed by atoms with Gasteiger partial charge in [-0.1, -0.05) is 6.92 Å². The number of amides is 1. The van der Waals surface area contributed by atoms with Gasteiger partial charge in [0.2, 0.25) is 5.91 Å². The van der Waals surface area contributed by atoms with Crippen molar-refractivity contribution in [3.8, 4) is 0 Å². The Morgan fingerprint density at radius 2 is 2.11 bits per heavy atom. The predicted octanol–water partition coefficient (Wildman–Crippen LogP) is 0.585. The Balaban J connectivity index is 2.31. The number of aliphatic hydroxyl groups is 2. The molecule has 1 unspecified atom stereocenters. The van der Waals surface area contributed by atoms with Crippen molar-refractivity contribution in [1.82, 2.24) is 5.32 Å². The molecule has 0 radical (unpaired) electrons. The number of aliphatic hydroxyl groups excluding tert-OH is 2. The van der Waals surface area contributed by atoms with E-state index >= 15 is 0 Å². The van der Waals surface area contributed by atoms with Gasteiger partial charge in [-0.15, -0.1) is 0 Å². The number of hydrogen-bond acceptors (Lipinski definition) is 4. The zero-order valence-electron chi connectivity index (χ0n) is 11.2. The fourth-order valence-corrected chi connectivity index (χ4v) is 2.13. The van der Waals surface area contributed by atoms with E-state index in [1.807, 2.05) is 6.92 Å². The summed E-state index contributed by atoms with van der Waals surface area (Å²) >= 11 is 0. The Bertz CT molecular complexity index is 239. The average Bonchev–Trinajstić information content (AvgIpc) is 2.44. The van der Waals surface area contributed by atoms with Crippen LogP contribution in [0.4, 0.5) is 0 Å². The smallest absolute Gasteiger partial charge is 0.220 e. The maximum Gasteiger partial charge on any atom is 0.220 e. The van der Waals surface area contributed by atoms with Crippen LogP contribution in [0.15, 0.2) is 0 Å². The first kappa shape index (κ1) is 15.4. The van der Waals surface area contributed by atoms with Crippen LogP contribution in [-0.2, 0) is 9.53 Å². The predicted molar refractivity (Wildman–Crippen MR) is 68.2 cm³/mol. The van der Waals surface area contributed by atoms with Crippen LogP contribution in [0.2, 0.25) is 0 Å². The van der Waals surface area contributed by atoms with Gasteiger partial charge in [-0.25, -0.2) is 0 Å². The molecule has 5 nitrogen and oxygen atoms in total. The Morgan fingerprint density at radius 1 is 1.39 bits per heavy atom. The lowest BCUT2D eigenvalue weighted by atomic mass is 9.97. The van der Waals surface area contributed by atoms with E-state index in [2.05, 4.69) is 5.32 Å². The standard InChI is InChI=1S/C13H25NO4/c1-2-13(9-15,10-16)14-12(17)7-6-11-5-3-4-8-18-11/h11,15-16H,2-10H2,1H3,(H,14,17). The minimum absolute atomic E-state index is 0.130. The van der Waals surface area contributed by atoms with Crippen LogP contribution < -0.4 is 5.32 Å². The van der Waals surface area contributed by atoms with Gasteiger partial charge in [0.15, 0.2) is 0 Å². The molecule has 18 heavy (non-hydrogen) atoms. The van der Waals surface area contributed by atoms with Crippen LogP contribution in [0.1, 0.15) is 45.4 Å². The number of nitrogens with one attached hydrogen (secondary N) is 1. The largest absolute Gasteiger partial charge is 0.394 e. The number of hydrogen-bond donors (Lipinski definition) is 3.